The van der Waals surface area contributed by atoms with Gasteiger partial charge in [-0.15, -0.1) is 0 Å². The predicted molar refractivity (Wildman–Crippen MR) is 81.0 cm³/mol. The molecular weight excluding hydrogens is 333 g/mol. The molecule has 2 aromatic rings. The molecule has 0 atom stereocenters. The first-order chi connectivity index (χ1) is 9.83. The zero-order chi connectivity index (χ0) is 15.6. The van der Waals surface area contributed by atoms with Gasteiger partial charge in [0.25, 0.3) is 10.0 Å². The number of hydrogen-bond acceptors (Lipinski definition) is 4. The van der Waals surface area contributed by atoms with Crippen molar-refractivity contribution in [3.05, 3.63) is 51.8 Å². The van der Waals surface area contributed by atoms with E-state index in [1.54, 1.807) is 13.0 Å². The topological polar surface area (TPSA) is 82.8 Å². The van der Waals surface area contributed by atoms with Crippen molar-refractivity contribution in [2.45, 2.75) is 11.8 Å². The van der Waals surface area contributed by atoms with Gasteiger partial charge in [0.2, 0.25) is 0 Å². The Kier molecular flexibility index (Phi) is 4.37. The summed E-state index contributed by atoms with van der Waals surface area (Å²) in [4.78, 5) is 3.67. The summed E-state index contributed by atoms with van der Waals surface area (Å²) in [6, 6.07) is 7.39. The number of aryl methyl sites for hydroxylation is 1. The van der Waals surface area contributed by atoms with E-state index >= 15 is 0 Å². The highest BCUT2D eigenvalue weighted by Gasteiger charge is 2.20. The van der Waals surface area contributed by atoms with Crippen molar-refractivity contribution in [1.82, 2.24) is 4.98 Å². The summed E-state index contributed by atoms with van der Waals surface area (Å²) in [5.74, 6) is 0. The molecule has 21 heavy (non-hydrogen) atoms. The molecule has 0 aliphatic heterocycles. The molecule has 8 heteroatoms. The molecule has 108 valence electrons. The Labute approximate surface area is 132 Å². The molecule has 1 aromatic heterocycles. The van der Waals surface area contributed by atoms with Crippen LogP contribution in [0.4, 0.5) is 5.69 Å². The number of rotatable bonds is 3. The highest BCUT2D eigenvalue weighted by atomic mass is 35.5. The van der Waals surface area contributed by atoms with Gasteiger partial charge < -0.3 is 0 Å². The molecule has 0 spiro atoms. The van der Waals surface area contributed by atoms with Gasteiger partial charge in [0.05, 0.1) is 22.3 Å². The van der Waals surface area contributed by atoms with Crippen LogP contribution in [0.3, 0.4) is 0 Å². The number of hydrogen-bond donors (Lipinski definition) is 1. The average molecular weight is 342 g/mol. The van der Waals surface area contributed by atoms with Crippen LogP contribution in [0.25, 0.3) is 0 Å². The smallest absolute Gasteiger partial charge is 0.263 e. The standard InChI is InChI=1S/C13H9Cl2N3O2S/c1-8-4-11(13(15)17-7-8)18-21(19,20)12-5-9(6-16)2-3-10(12)14/h2-5,7,18H,1H3. The minimum atomic E-state index is -3.97. The van der Waals surface area contributed by atoms with Crippen molar-refractivity contribution in [3.63, 3.8) is 0 Å². The Balaban J connectivity index is 2.48. The molecule has 0 saturated carbocycles. The summed E-state index contributed by atoms with van der Waals surface area (Å²) in [5.41, 5.74) is 1.08. The molecule has 0 aliphatic carbocycles. The Morgan fingerprint density at radius 3 is 2.67 bits per heavy atom. The summed E-state index contributed by atoms with van der Waals surface area (Å²) in [5, 5.41) is 8.89. The molecule has 0 amide bonds. The quantitative estimate of drug-likeness (QED) is 0.867. The van der Waals surface area contributed by atoms with E-state index in [0.717, 1.165) is 5.56 Å². The average Bonchev–Trinajstić information content (AvgIpc) is 2.43. The van der Waals surface area contributed by atoms with Crippen molar-refractivity contribution in [3.8, 4) is 6.07 Å². The second kappa shape index (κ2) is 5.90. The zero-order valence-electron chi connectivity index (χ0n) is 10.8. The Morgan fingerprint density at radius 2 is 2.00 bits per heavy atom. The van der Waals surface area contributed by atoms with Crippen LogP contribution in [0.5, 0.6) is 0 Å². The first-order valence-electron chi connectivity index (χ1n) is 5.68. The van der Waals surface area contributed by atoms with Gasteiger partial charge in [-0.3, -0.25) is 4.72 Å². The molecular formula is C13H9Cl2N3O2S. The number of benzene rings is 1. The summed E-state index contributed by atoms with van der Waals surface area (Å²) >= 11 is 11.8. The number of sulfonamides is 1. The second-order valence-corrected chi connectivity index (χ2v) is 6.63. The minimum Gasteiger partial charge on any atom is -0.276 e. The molecule has 0 bridgehead atoms. The highest BCUT2D eigenvalue weighted by Crippen LogP contribution is 2.27. The van der Waals surface area contributed by atoms with Gasteiger partial charge in [-0.25, -0.2) is 13.4 Å². The maximum absolute atomic E-state index is 12.4. The summed E-state index contributed by atoms with van der Waals surface area (Å²) < 4.78 is 27.0. The molecule has 2 rings (SSSR count). The lowest BCUT2D eigenvalue weighted by molar-refractivity contribution is 0.601. The third kappa shape index (κ3) is 3.45. The minimum absolute atomic E-state index is 0.0123. The van der Waals surface area contributed by atoms with Crippen LogP contribution in [-0.2, 0) is 10.0 Å². The second-order valence-electron chi connectivity index (χ2n) is 4.21. The number of aromatic nitrogens is 1. The molecule has 0 saturated heterocycles. The lowest BCUT2D eigenvalue weighted by Gasteiger charge is -2.11. The first-order valence-corrected chi connectivity index (χ1v) is 7.92. The van der Waals surface area contributed by atoms with Crippen LogP contribution in [0.2, 0.25) is 10.2 Å². The maximum atomic E-state index is 12.4. The highest BCUT2D eigenvalue weighted by molar-refractivity contribution is 7.92. The Bertz CT molecular complexity index is 845. The van der Waals surface area contributed by atoms with E-state index < -0.39 is 10.0 Å². The van der Waals surface area contributed by atoms with Gasteiger partial charge >= 0.3 is 0 Å². The Hall–Kier alpha value is -1.81. The van der Waals surface area contributed by atoms with E-state index in [2.05, 4.69) is 9.71 Å². The molecule has 5 nitrogen and oxygen atoms in total. The van der Waals surface area contributed by atoms with E-state index in [1.807, 2.05) is 6.07 Å². The molecule has 0 fully saturated rings. The van der Waals surface area contributed by atoms with E-state index in [0.29, 0.717) is 0 Å². The summed E-state index contributed by atoms with van der Waals surface area (Å²) in [7, 11) is -3.97. The SMILES string of the molecule is Cc1cnc(Cl)c(NS(=O)(=O)c2cc(C#N)ccc2Cl)c1. The van der Waals surface area contributed by atoms with E-state index in [4.69, 9.17) is 28.5 Å². The summed E-state index contributed by atoms with van der Waals surface area (Å²) in [6.07, 6.45) is 1.52. The van der Waals surface area contributed by atoms with E-state index in [9.17, 15) is 8.42 Å². The van der Waals surface area contributed by atoms with Crippen molar-refractivity contribution in [2.75, 3.05) is 4.72 Å². The third-order valence-electron chi connectivity index (χ3n) is 2.57. The van der Waals surface area contributed by atoms with Gasteiger partial charge in [-0.05, 0) is 36.8 Å². The van der Waals surface area contributed by atoms with Crippen molar-refractivity contribution in [1.29, 1.82) is 5.26 Å². The molecule has 1 N–H and O–H groups in total. The fraction of sp³-hybridized carbons (Fsp3) is 0.0769. The van der Waals surface area contributed by atoms with Gasteiger partial charge in [-0.2, -0.15) is 5.26 Å². The number of anilines is 1. The number of halogens is 2. The predicted octanol–water partition coefficient (Wildman–Crippen LogP) is 3.37. The maximum Gasteiger partial charge on any atom is 0.263 e. The van der Waals surface area contributed by atoms with E-state index in [-0.39, 0.29) is 26.3 Å². The number of nitriles is 1. The number of pyridine rings is 1. The number of nitrogens with zero attached hydrogens (tertiary/aromatic N) is 2. The van der Waals surface area contributed by atoms with Crippen LogP contribution in [0.15, 0.2) is 35.4 Å². The summed E-state index contributed by atoms with van der Waals surface area (Å²) in [6.45, 7) is 1.75. The lowest BCUT2D eigenvalue weighted by atomic mass is 10.2. The molecule has 0 aliphatic rings. The van der Waals surface area contributed by atoms with Crippen LogP contribution in [0, 0.1) is 18.3 Å². The fourth-order valence-corrected chi connectivity index (χ4v) is 3.39. The zero-order valence-corrected chi connectivity index (χ0v) is 13.1. The molecule has 0 unspecified atom stereocenters. The van der Waals surface area contributed by atoms with Gasteiger partial charge in [0, 0.05) is 6.20 Å². The lowest BCUT2D eigenvalue weighted by Crippen LogP contribution is -2.14. The van der Waals surface area contributed by atoms with Crippen LogP contribution < -0.4 is 4.72 Å². The normalized spacial score (nSPS) is 11.0. The van der Waals surface area contributed by atoms with Crippen LogP contribution in [0.1, 0.15) is 11.1 Å². The third-order valence-corrected chi connectivity index (χ3v) is 4.72. The Morgan fingerprint density at radius 1 is 1.29 bits per heavy atom. The molecule has 1 heterocycles. The molecule has 1 aromatic carbocycles. The van der Waals surface area contributed by atoms with E-state index in [1.165, 1.54) is 24.4 Å². The van der Waals surface area contributed by atoms with Crippen molar-refractivity contribution in [2.24, 2.45) is 0 Å². The van der Waals surface area contributed by atoms with Gasteiger partial charge in [0.1, 0.15) is 4.90 Å². The van der Waals surface area contributed by atoms with Crippen LogP contribution in [-0.4, -0.2) is 13.4 Å². The largest absolute Gasteiger partial charge is 0.276 e. The monoisotopic (exact) mass is 341 g/mol. The van der Waals surface area contributed by atoms with Crippen molar-refractivity contribution < 1.29 is 8.42 Å². The number of nitrogens with one attached hydrogen (secondary N) is 1. The van der Waals surface area contributed by atoms with Gasteiger partial charge in [-0.1, -0.05) is 23.2 Å². The fourth-order valence-electron chi connectivity index (χ4n) is 1.60. The van der Waals surface area contributed by atoms with Crippen molar-refractivity contribution >= 4 is 38.9 Å². The first kappa shape index (κ1) is 15.6. The van der Waals surface area contributed by atoms with Crippen LogP contribution >= 0.6 is 23.2 Å². The molecule has 0 radical (unpaired) electrons. The van der Waals surface area contributed by atoms with Gasteiger partial charge in [0.15, 0.2) is 5.15 Å².